The van der Waals surface area contributed by atoms with Crippen molar-refractivity contribution < 1.29 is 14.8 Å². The van der Waals surface area contributed by atoms with Crippen LogP contribution in [0.15, 0.2) is 0 Å². The van der Waals surface area contributed by atoms with E-state index in [1.807, 2.05) is 0 Å². The average Bonchev–Trinajstić information content (AvgIpc) is 3.09. The Morgan fingerprint density at radius 2 is 1.65 bits per heavy atom. The second-order valence-corrected chi connectivity index (χ2v) is 13.8. The molecule has 31 heavy (non-hydrogen) atoms. The summed E-state index contributed by atoms with van der Waals surface area (Å²) in [4.78, 5) is 15.1. The van der Waals surface area contributed by atoms with Gasteiger partial charge in [0.2, 0.25) is 0 Å². The van der Waals surface area contributed by atoms with Crippen molar-refractivity contribution in [3.8, 4) is 0 Å². The Hall–Kier alpha value is -0.410. The van der Waals surface area contributed by atoms with Crippen molar-refractivity contribution in [2.45, 2.75) is 97.1 Å². The van der Waals surface area contributed by atoms with Crippen molar-refractivity contribution in [1.29, 1.82) is 0 Å². The summed E-state index contributed by atoms with van der Waals surface area (Å²) >= 11 is 0. The molecule has 2 heterocycles. The van der Waals surface area contributed by atoms with Crippen molar-refractivity contribution in [3.63, 3.8) is 0 Å². The van der Waals surface area contributed by atoms with Gasteiger partial charge < -0.3 is 10.0 Å². The molecule has 0 aromatic heterocycles. The van der Waals surface area contributed by atoms with Gasteiger partial charge in [-0.1, -0.05) is 27.2 Å². The minimum atomic E-state index is -0.500. The zero-order chi connectivity index (χ0) is 21.7. The third-order valence-corrected chi connectivity index (χ3v) is 12.3. The molecule has 2 aliphatic heterocycles. The molecule has 2 saturated heterocycles. The maximum Gasteiger partial charge on any atom is 0.136 e. The molecule has 0 spiro atoms. The van der Waals surface area contributed by atoms with Gasteiger partial charge in [0.1, 0.15) is 17.4 Å². The lowest BCUT2D eigenvalue weighted by atomic mass is 9.51. The van der Waals surface area contributed by atoms with Gasteiger partial charge in [-0.2, -0.15) is 0 Å². The van der Waals surface area contributed by atoms with Gasteiger partial charge in [-0.05, 0) is 80.5 Å². The largest absolute Gasteiger partial charge is 0.384 e. The molecule has 1 unspecified atom stereocenters. The van der Waals surface area contributed by atoms with Crippen LogP contribution in [0.25, 0.3) is 0 Å². The van der Waals surface area contributed by atoms with Crippen LogP contribution in [-0.4, -0.2) is 35.6 Å². The number of fused-ring (bicyclic) bond motifs is 8. The number of hydrogen-bond acceptors (Lipinski definition) is 2. The topological polar surface area (TPSA) is 41.7 Å². The van der Waals surface area contributed by atoms with Crippen molar-refractivity contribution in [3.05, 3.63) is 0 Å². The molecule has 13 atom stereocenters. The maximum absolute atomic E-state index is 13.4. The van der Waals surface area contributed by atoms with E-state index in [0.29, 0.717) is 35.5 Å². The minimum absolute atomic E-state index is 0.256. The van der Waals surface area contributed by atoms with E-state index in [1.54, 1.807) is 4.90 Å². The molecule has 2 N–H and O–H groups in total. The summed E-state index contributed by atoms with van der Waals surface area (Å²) in [5.74, 6) is 6.55. The highest BCUT2D eigenvalue weighted by Crippen LogP contribution is 2.66. The number of carbonyl (C=O) groups is 1. The second-order valence-electron chi connectivity index (χ2n) is 13.8. The van der Waals surface area contributed by atoms with Gasteiger partial charge in [-0.3, -0.25) is 4.79 Å². The lowest BCUT2D eigenvalue weighted by Gasteiger charge is -2.57. The highest BCUT2D eigenvalue weighted by Gasteiger charge is 2.65. The van der Waals surface area contributed by atoms with Crippen LogP contribution in [0, 0.1) is 58.7 Å². The molecule has 6 aliphatic rings. The normalized spacial score (nSPS) is 60.9. The minimum Gasteiger partial charge on any atom is -0.384 e. The Kier molecular flexibility index (Phi) is 4.81. The van der Waals surface area contributed by atoms with E-state index < -0.39 is 5.60 Å². The first-order valence-electron chi connectivity index (χ1n) is 13.8. The second kappa shape index (κ2) is 7.05. The van der Waals surface area contributed by atoms with E-state index >= 15 is 0 Å². The smallest absolute Gasteiger partial charge is 0.136 e. The van der Waals surface area contributed by atoms with Gasteiger partial charge in [-0.15, -0.1) is 0 Å². The van der Waals surface area contributed by atoms with Gasteiger partial charge in [0, 0.05) is 36.5 Å². The fourth-order valence-electron chi connectivity index (χ4n) is 10.8. The Labute approximate surface area is 189 Å². The fourth-order valence-corrected chi connectivity index (χ4v) is 10.8. The number of carbonyl (C=O) groups excluding carboxylic acids is 1. The molecule has 0 aromatic carbocycles. The molecule has 0 amide bonds. The Bertz CT molecular complexity index is 747. The van der Waals surface area contributed by atoms with E-state index in [0.717, 1.165) is 42.4 Å². The van der Waals surface area contributed by atoms with Crippen LogP contribution in [0.1, 0.15) is 85.5 Å². The lowest BCUT2D eigenvalue weighted by Crippen LogP contribution is -3.21. The highest BCUT2D eigenvalue weighted by atomic mass is 16.3. The molecule has 0 bridgehead atoms. The summed E-state index contributed by atoms with van der Waals surface area (Å²) in [7, 11) is 0. The Balaban J connectivity index is 1.31. The third kappa shape index (κ3) is 2.94. The molecule has 4 aliphatic carbocycles. The maximum atomic E-state index is 13.4. The quantitative estimate of drug-likeness (QED) is 0.617. The lowest BCUT2D eigenvalue weighted by molar-refractivity contribution is -0.953. The van der Waals surface area contributed by atoms with Gasteiger partial charge in [0.25, 0.3) is 0 Å². The number of hydrogen-bond donors (Lipinski definition) is 2. The molecule has 3 heteroatoms. The summed E-state index contributed by atoms with van der Waals surface area (Å²) in [5, 5.41) is 11.9. The number of rotatable bonds is 0. The number of piperidine rings is 2. The van der Waals surface area contributed by atoms with E-state index in [1.165, 1.54) is 58.0 Å². The van der Waals surface area contributed by atoms with Gasteiger partial charge >= 0.3 is 0 Å². The summed E-state index contributed by atoms with van der Waals surface area (Å²) in [6, 6.07) is 0.452. The van der Waals surface area contributed by atoms with Crippen LogP contribution in [0.2, 0.25) is 0 Å². The van der Waals surface area contributed by atoms with Gasteiger partial charge in [0.15, 0.2) is 0 Å². The van der Waals surface area contributed by atoms with Crippen LogP contribution in [0.5, 0.6) is 0 Å². The predicted octanol–water partition coefficient (Wildman–Crippen LogP) is 3.74. The number of ketones is 1. The fraction of sp³-hybridized carbons (Fsp3) is 0.964. The van der Waals surface area contributed by atoms with Crippen LogP contribution in [0.3, 0.4) is 0 Å². The summed E-state index contributed by atoms with van der Waals surface area (Å²) in [5.41, 5.74) is -0.245. The summed E-state index contributed by atoms with van der Waals surface area (Å²) < 4.78 is 0. The first-order valence-corrected chi connectivity index (χ1v) is 13.8. The van der Waals surface area contributed by atoms with Crippen molar-refractivity contribution in [2.75, 3.05) is 13.1 Å². The number of quaternary nitrogens is 1. The monoisotopic (exact) mass is 428 g/mol. The third-order valence-electron chi connectivity index (χ3n) is 12.3. The Morgan fingerprint density at radius 1 is 0.839 bits per heavy atom. The highest BCUT2D eigenvalue weighted by molar-refractivity contribution is 5.83. The number of nitrogens with one attached hydrogen (secondary N) is 1. The molecule has 4 saturated carbocycles. The molecule has 3 nitrogen and oxygen atoms in total. The molecule has 0 aromatic rings. The molecular weight excluding hydrogens is 382 g/mol. The predicted molar refractivity (Wildman–Crippen MR) is 123 cm³/mol. The van der Waals surface area contributed by atoms with E-state index in [4.69, 9.17) is 0 Å². The first kappa shape index (κ1) is 21.1. The van der Waals surface area contributed by atoms with Crippen molar-refractivity contribution in [1.82, 2.24) is 0 Å². The summed E-state index contributed by atoms with van der Waals surface area (Å²) in [6.45, 7) is 12.0. The number of aliphatic hydroxyl groups is 1. The van der Waals surface area contributed by atoms with Crippen LogP contribution in [-0.2, 0) is 4.79 Å². The van der Waals surface area contributed by atoms with E-state index in [2.05, 4.69) is 27.7 Å². The molecule has 0 radical (unpaired) electrons. The number of Topliss-reactive ketones (excluding diaryl/α,β-unsaturated/α-hetero) is 1. The van der Waals surface area contributed by atoms with E-state index in [9.17, 15) is 9.90 Å². The van der Waals surface area contributed by atoms with Crippen molar-refractivity contribution in [2.24, 2.45) is 58.7 Å². The van der Waals surface area contributed by atoms with Crippen LogP contribution >= 0.6 is 0 Å². The standard InChI is InChI=1S/C28H45NO2/c1-16-9-10-27(3)23-12-19-18(20(23)13-25(30)24(27)11-16)6-7-22-21(19)15-29-14-17(2)5-8-26(29)28(22,4)31/h16-24,26,31H,5-15H2,1-4H3/p+1/t16-,17-,18-,19-,20-,21+,22+,23+,24+,26+,27+,28-/m0/s1. The van der Waals surface area contributed by atoms with Crippen LogP contribution in [0.4, 0.5) is 0 Å². The SMILES string of the molecule is C[C@H]1CC[C@@]2(C)[C@H](C1)C(=O)C[C@H]1[C@H]3CC[C@@H]4[C@H](C[NH+]5C[C@@H](C)CC[C@@H]5[C@@]4(C)O)[C@H]3C[C@H]12. The van der Waals surface area contributed by atoms with Gasteiger partial charge in [-0.25, -0.2) is 0 Å². The van der Waals surface area contributed by atoms with Crippen molar-refractivity contribution >= 4 is 5.78 Å². The van der Waals surface area contributed by atoms with Crippen LogP contribution < -0.4 is 4.90 Å². The Morgan fingerprint density at radius 3 is 2.45 bits per heavy atom. The molecular formula is C28H46NO2+. The summed E-state index contributed by atoms with van der Waals surface area (Å²) in [6.07, 6.45) is 10.9. The zero-order valence-electron chi connectivity index (χ0n) is 20.4. The first-order chi connectivity index (χ1) is 14.7. The molecule has 6 fully saturated rings. The average molecular weight is 429 g/mol. The molecule has 6 rings (SSSR count). The molecule has 174 valence electrons. The van der Waals surface area contributed by atoms with Gasteiger partial charge in [0.05, 0.1) is 13.1 Å². The zero-order valence-corrected chi connectivity index (χ0v) is 20.4. The van der Waals surface area contributed by atoms with E-state index in [-0.39, 0.29) is 5.41 Å².